The first kappa shape index (κ1) is 29.5. The quantitative estimate of drug-likeness (QED) is 0.314. The fourth-order valence-corrected chi connectivity index (χ4v) is 5.60. The van der Waals surface area contributed by atoms with Gasteiger partial charge in [0, 0.05) is 30.2 Å². The van der Waals surface area contributed by atoms with Crippen LogP contribution in [0.2, 0.25) is 0 Å². The molecule has 214 valence electrons. The number of benzene rings is 2. The first-order chi connectivity index (χ1) is 18.9. The van der Waals surface area contributed by atoms with Gasteiger partial charge in [0.15, 0.2) is 0 Å². The van der Waals surface area contributed by atoms with Crippen molar-refractivity contribution in [3.8, 4) is 22.8 Å². The number of carbonyl (C=O) groups excluding carboxylic acids is 1. The molecular weight excluding hydrogens is 530 g/mol. The molecule has 1 aliphatic rings. The van der Waals surface area contributed by atoms with Gasteiger partial charge >= 0.3 is 10.2 Å². The molecule has 2 aromatic carbocycles. The average molecular weight is 568 g/mol. The highest BCUT2D eigenvalue weighted by Gasteiger charge is 2.29. The minimum absolute atomic E-state index is 0.0437. The largest absolute Gasteiger partial charge is 0.491 e. The van der Waals surface area contributed by atoms with Crippen molar-refractivity contribution in [1.82, 2.24) is 14.4 Å². The fourth-order valence-electron chi connectivity index (χ4n) is 4.56. The summed E-state index contributed by atoms with van der Waals surface area (Å²) < 4.78 is 39.8. The summed E-state index contributed by atoms with van der Waals surface area (Å²) in [5, 5.41) is 9.89. The highest BCUT2D eigenvalue weighted by Crippen LogP contribution is 2.29. The van der Waals surface area contributed by atoms with Gasteiger partial charge < -0.3 is 14.6 Å². The summed E-state index contributed by atoms with van der Waals surface area (Å²) in [4.78, 5) is 16.3. The van der Waals surface area contributed by atoms with E-state index < -0.39 is 27.8 Å². The highest BCUT2D eigenvalue weighted by atomic mass is 32.2. The van der Waals surface area contributed by atoms with Crippen molar-refractivity contribution in [2.45, 2.75) is 71.1 Å². The second-order valence-corrected chi connectivity index (χ2v) is 12.2. The Bertz CT molecular complexity index is 1430. The smallest absolute Gasteiger partial charge is 0.301 e. The Kier molecular flexibility index (Phi) is 9.12. The van der Waals surface area contributed by atoms with Gasteiger partial charge in [0.05, 0.1) is 24.4 Å². The van der Waals surface area contributed by atoms with Gasteiger partial charge in [-0.15, -0.1) is 0 Å². The van der Waals surface area contributed by atoms with Crippen molar-refractivity contribution >= 4 is 16.1 Å². The van der Waals surface area contributed by atoms with E-state index in [0.717, 1.165) is 29.7 Å². The third-order valence-corrected chi connectivity index (χ3v) is 7.80. The molecule has 3 aromatic rings. The van der Waals surface area contributed by atoms with Gasteiger partial charge in [-0.3, -0.25) is 4.79 Å². The highest BCUT2D eigenvalue weighted by molar-refractivity contribution is 7.88. The second kappa shape index (κ2) is 12.4. The number of rotatable bonds is 11. The van der Waals surface area contributed by atoms with Crippen molar-refractivity contribution in [2.75, 3.05) is 6.61 Å². The van der Waals surface area contributed by atoms with Crippen LogP contribution in [0.15, 0.2) is 60.7 Å². The third-order valence-electron chi connectivity index (χ3n) is 6.71. The SMILES string of the molecule is Cc1nc(OCCC(C)(C)O)ccc1-c1ccccc1CC[C@H](C)Oc1ccc(C2CC(=O)NS(=O)(=O)N2)cc1. The fraction of sp³-hybridized carbons (Fsp3) is 0.400. The molecule has 0 saturated carbocycles. The van der Waals surface area contributed by atoms with E-state index in [1.165, 1.54) is 5.56 Å². The maximum atomic E-state index is 11.8. The molecule has 9 nitrogen and oxygen atoms in total. The Labute approximate surface area is 236 Å². The molecule has 1 fully saturated rings. The Morgan fingerprint density at radius 1 is 1.07 bits per heavy atom. The number of aromatic nitrogens is 1. The molecule has 0 aliphatic carbocycles. The summed E-state index contributed by atoms with van der Waals surface area (Å²) in [6, 6.07) is 18.7. The van der Waals surface area contributed by atoms with Crippen molar-refractivity contribution in [2.24, 2.45) is 0 Å². The number of aliphatic hydroxyl groups is 1. The van der Waals surface area contributed by atoms with E-state index in [-0.39, 0.29) is 12.5 Å². The molecule has 4 rings (SSSR count). The van der Waals surface area contributed by atoms with E-state index in [0.29, 0.717) is 30.2 Å². The summed E-state index contributed by atoms with van der Waals surface area (Å²) in [6.07, 6.45) is 2.08. The molecule has 1 amide bonds. The molecule has 1 saturated heterocycles. The summed E-state index contributed by atoms with van der Waals surface area (Å²) in [7, 11) is -3.83. The number of nitrogens with one attached hydrogen (secondary N) is 2. The zero-order chi connectivity index (χ0) is 28.9. The molecule has 3 N–H and O–H groups in total. The Morgan fingerprint density at radius 3 is 2.48 bits per heavy atom. The van der Waals surface area contributed by atoms with Crippen LogP contribution in [-0.2, 0) is 21.4 Å². The van der Waals surface area contributed by atoms with E-state index >= 15 is 0 Å². The molecule has 0 bridgehead atoms. The molecule has 40 heavy (non-hydrogen) atoms. The number of aryl methyl sites for hydroxylation is 2. The lowest BCUT2D eigenvalue weighted by Gasteiger charge is -2.24. The molecule has 0 spiro atoms. The second-order valence-electron chi connectivity index (χ2n) is 10.8. The van der Waals surface area contributed by atoms with Crippen molar-refractivity contribution < 1.29 is 27.8 Å². The lowest BCUT2D eigenvalue weighted by Crippen LogP contribution is -2.48. The van der Waals surface area contributed by atoms with Gasteiger partial charge in [0.25, 0.3) is 0 Å². The molecule has 1 aromatic heterocycles. The Balaban J connectivity index is 1.36. The van der Waals surface area contributed by atoms with Gasteiger partial charge in [0.1, 0.15) is 5.75 Å². The van der Waals surface area contributed by atoms with Crippen LogP contribution in [0.25, 0.3) is 11.1 Å². The minimum Gasteiger partial charge on any atom is -0.491 e. The van der Waals surface area contributed by atoms with Crippen molar-refractivity contribution in [3.05, 3.63) is 77.5 Å². The third kappa shape index (κ3) is 8.27. The van der Waals surface area contributed by atoms with E-state index in [2.05, 4.69) is 21.8 Å². The Morgan fingerprint density at radius 2 is 1.80 bits per heavy atom. The standard InChI is InChI=1S/C30H37N3O6S/c1-20(39-24-13-11-23(12-14-24)27-19-28(34)33-40(36,37)32-27)9-10-22-7-5-6-8-26(22)25-15-16-29(31-21(25)2)38-18-17-30(3,4)35/h5-8,11-16,20,27,32,35H,9-10,17-19H2,1-4H3,(H,33,34)/t20-,27?/m0/s1. The van der Waals surface area contributed by atoms with Crippen LogP contribution >= 0.6 is 0 Å². The van der Waals surface area contributed by atoms with Gasteiger partial charge in [-0.25, -0.2) is 9.71 Å². The number of nitrogens with zero attached hydrogens (tertiary/aromatic N) is 1. The Hall–Kier alpha value is -3.47. The zero-order valence-electron chi connectivity index (χ0n) is 23.3. The molecule has 1 unspecified atom stereocenters. The lowest BCUT2D eigenvalue weighted by atomic mass is 9.95. The predicted molar refractivity (Wildman–Crippen MR) is 153 cm³/mol. The van der Waals surface area contributed by atoms with Crippen LogP contribution in [0.3, 0.4) is 0 Å². The first-order valence-electron chi connectivity index (χ1n) is 13.4. The minimum atomic E-state index is -3.83. The number of hydrogen-bond acceptors (Lipinski definition) is 7. The monoisotopic (exact) mass is 567 g/mol. The van der Waals surface area contributed by atoms with Gasteiger partial charge in [-0.2, -0.15) is 13.1 Å². The topological polar surface area (TPSA) is 127 Å². The summed E-state index contributed by atoms with van der Waals surface area (Å²) >= 11 is 0. The van der Waals surface area contributed by atoms with E-state index in [1.54, 1.807) is 38.1 Å². The number of amides is 1. The van der Waals surface area contributed by atoms with Crippen LogP contribution in [0.4, 0.5) is 0 Å². The number of pyridine rings is 1. The van der Waals surface area contributed by atoms with Crippen molar-refractivity contribution in [3.63, 3.8) is 0 Å². The van der Waals surface area contributed by atoms with Gasteiger partial charge in [-0.1, -0.05) is 36.4 Å². The zero-order valence-corrected chi connectivity index (χ0v) is 24.1. The van der Waals surface area contributed by atoms with Crippen LogP contribution < -0.4 is 18.9 Å². The maximum absolute atomic E-state index is 11.8. The van der Waals surface area contributed by atoms with Crippen LogP contribution in [0.1, 0.15) is 62.9 Å². The average Bonchev–Trinajstić information content (AvgIpc) is 2.86. The molecule has 0 radical (unpaired) electrons. The van der Waals surface area contributed by atoms with Gasteiger partial charge in [-0.05, 0) is 75.4 Å². The molecule has 10 heteroatoms. The molecule has 1 aliphatic heterocycles. The van der Waals surface area contributed by atoms with E-state index in [1.807, 2.05) is 42.8 Å². The number of ether oxygens (including phenoxy) is 2. The van der Waals surface area contributed by atoms with Crippen molar-refractivity contribution in [1.29, 1.82) is 0 Å². The molecular formula is C30H37N3O6S. The first-order valence-corrected chi connectivity index (χ1v) is 14.9. The summed E-state index contributed by atoms with van der Waals surface area (Å²) in [5.41, 5.74) is 4.14. The van der Waals surface area contributed by atoms with Crippen LogP contribution in [0.5, 0.6) is 11.6 Å². The number of hydrogen-bond donors (Lipinski definition) is 3. The summed E-state index contributed by atoms with van der Waals surface area (Å²) in [5.74, 6) is 0.684. The van der Waals surface area contributed by atoms with Crippen LogP contribution in [-0.4, -0.2) is 42.7 Å². The summed E-state index contributed by atoms with van der Waals surface area (Å²) in [6.45, 7) is 7.89. The molecule has 2 atom stereocenters. The van der Waals surface area contributed by atoms with Gasteiger partial charge in [0.2, 0.25) is 11.8 Å². The van der Waals surface area contributed by atoms with E-state index in [9.17, 15) is 18.3 Å². The molecule has 2 heterocycles. The number of carbonyl (C=O) groups is 1. The van der Waals surface area contributed by atoms with E-state index in [4.69, 9.17) is 9.47 Å². The lowest BCUT2D eigenvalue weighted by molar-refractivity contribution is -0.120. The normalized spacial score (nSPS) is 17.6. The predicted octanol–water partition coefficient (Wildman–Crippen LogP) is 4.39. The van der Waals surface area contributed by atoms with Crippen LogP contribution in [0, 0.1) is 6.92 Å². The maximum Gasteiger partial charge on any atom is 0.301 e.